The molecule has 2 amide bonds. The van der Waals surface area contributed by atoms with Gasteiger partial charge < -0.3 is 5.73 Å². The van der Waals surface area contributed by atoms with Gasteiger partial charge in [0.2, 0.25) is 0 Å². The van der Waals surface area contributed by atoms with Gasteiger partial charge in [0.1, 0.15) is 0 Å². The van der Waals surface area contributed by atoms with Gasteiger partial charge in [-0.1, -0.05) is 0 Å². The summed E-state index contributed by atoms with van der Waals surface area (Å²) < 4.78 is 0. The number of hydrazine groups is 1. The third kappa shape index (κ3) is 1.73. The number of primary amides is 1. The van der Waals surface area contributed by atoms with E-state index in [1.54, 1.807) is 0 Å². The number of rotatable bonds is 1. The highest BCUT2D eigenvalue weighted by Gasteiger charge is 2.06. The van der Waals surface area contributed by atoms with Crippen molar-refractivity contribution >= 4 is 6.03 Å². The number of amides is 2. The molecule has 0 fully saturated rings. The van der Waals surface area contributed by atoms with Crippen molar-refractivity contribution in [2.75, 3.05) is 7.05 Å². The van der Waals surface area contributed by atoms with Gasteiger partial charge in [-0.05, 0) is 0 Å². The monoisotopic (exact) mass is 121 g/mol. The summed E-state index contributed by atoms with van der Waals surface area (Å²) >= 11 is 0. The molecule has 4 N–H and O–H groups in total. The van der Waals surface area contributed by atoms with Crippen LogP contribution < -0.4 is 5.73 Å². The topological polar surface area (TPSA) is 90.0 Å². The molecule has 6 nitrogen and oxygen atoms in total. The first-order chi connectivity index (χ1) is 3.55. The lowest BCUT2D eigenvalue weighted by atomic mass is 11.0. The predicted molar refractivity (Wildman–Crippen MR) is 22.8 cm³/mol. The van der Waals surface area contributed by atoms with Crippen LogP contribution in [0.25, 0.3) is 0 Å². The normalized spacial score (nSPS) is 9.50. The summed E-state index contributed by atoms with van der Waals surface area (Å²) in [5.74, 6) is 0. The van der Waals surface area contributed by atoms with Crippen LogP contribution in [0.3, 0.4) is 0 Å². The van der Waals surface area contributed by atoms with E-state index in [4.69, 9.17) is 10.4 Å². The summed E-state index contributed by atoms with van der Waals surface area (Å²) in [5.41, 5.74) is 4.56. The fourth-order valence-corrected chi connectivity index (χ4v) is 0.0882. The van der Waals surface area contributed by atoms with E-state index in [0.717, 1.165) is 7.05 Å². The first kappa shape index (κ1) is 7.15. The SMILES string of the molecule is CN(C(N)=O)N(O)O. The average molecular weight is 121 g/mol. The van der Waals surface area contributed by atoms with E-state index in [-0.39, 0.29) is 0 Å². The van der Waals surface area contributed by atoms with Gasteiger partial charge in [0.25, 0.3) is 0 Å². The third-order valence-corrected chi connectivity index (χ3v) is 0.587. The molecule has 0 aliphatic rings. The lowest BCUT2D eigenvalue weighted by molar-refractivity contribution is -0.394. The molecule has 0 radical (unpaired) electrons. The van der Waals surface area contributed by atoms with Crippen LogP contribution in [-0.4, -0.2) is 33.8 Å². The van der Waals surface area contributed by atoms with Gasteiger partial charge in [0.05, 0.1) is 0 Å². The number of nitrogens with two attached hydrogens (primary N) is 1. The third-order valence-electron chi connectivity index (χ3n) is 0.587. The zero-order valence-corrected chi connectivity index (χ0v) is 4.27. The molecule has 0 aliphatic heterocycles. The predicted octanol–water partition coefficient (Wildman–Crippen LogP) is -1.01. The fourth-order valence-electron chi connectivity index (χ4n) is 0.0882. The summed E-state index contributed by atoms with van der Waals surface area (Å²) in [6.45, 7) is 0. The molecular formula is C2H7N3O3. The molecule has 0 unspecified atom stereocenters. The van der Waals surface area contributed by atoms with Crippen LogP contribution >= 0.6 is 0 Å². The molecule has 0 aromatic rings. The number of carbonyl (C=O) groups excluding carboxylic acids is 1. The van der Waals surface area contributed by atoms with Crippen LogP contribution in [0.15, 0.2) is 0 Å². The molecule has 0 aromatic carbocycles. The van der Waals surface area contributed by atoms with Crippen LogP contribution in [0.5, 0.6) is 0 Å². The van der Waals surface area contributed by atoms with Gasteiger partial charge in [-0.15, -0.1) is 0 Å². The van der Waals surface area contributed by atoms with Crippen LogP contribution in [-0.2, 0) is 0 Å². The molecule has 0 aromatic heterocycles. The second kappa shape index (κ2) is 2.46. The Labute approximate surface area is 45.6 Å². The summed E-state index contributed by atoms with van der Waals surface area (Å²) in [6, 6.07) is -0.949. The smallest absolute Gasteiger partial charge is 0.332 e. The van der Waals surface area contributed by atoms with Crippen molar-refractivity contribution in [3.63, 3.8) is 0 Å². The molecule has 0 bridgehead atoms. The van der Waals surface area contributed by atoms with Crippen molar-refractivity contribution in [2.24, 2.45) is 5.73 Å². The van der Waals surface area contributed by atoms with Crippen molar-refractivity contribution in [3.05, 3.63) is 0 Å². The Hall–Kier alpha value is -0.850. The summed E-state index contributed by atoms with van der Waals surface area (Å²) in [7, 11) is 1.10. The van der Waals surface area contributed by atoms with Crippen LogP contribution in [0.2, 0.25) is 0 Å². The molecule has 0 saturated carbocycles. The van der Waals surface area contributed by atoms with E-state index < -0.39 is 11.4 Å². The largest absolute Gasteiger partial charge is 0.350 e. The van der Waals surface area contributed by atoms with Gasteiger partial charge in [0, 0.05) is 12.4 Å². The highest BCUT2D eigenvalue weighted by molar-refractivity contribution is 5.70. The van der Waals surface area contributed by atoms with Gasteiger partial charge in [-0.2, -0.15) is 0 Å². The number of hydrogen-bond donors (Lipinski definition) is 3. The lowest BCUT2D eigenvalue weighted by Gasteiger charge is -2.15. The standard InChI is InChI=1S/C2H7N3O3/c1-4(2(3)6)5(7)8/h7-8H,1H3,(H2,3,6). The van der Waals surface area contributed by atoms with Crippen molar-refractivity contribution in [1.82, 2.24) is 10.3 Å². The van der Waals surface area contributed by atoms with E-state index in [0.29, 0.717) is 5.01 Å². The Morgan fingerprint density at radius 3 is 2.00 bits per heavy atom. The fraction of sp³-hybridized carbons (Fsp3) is 0.500. The van der Waals surface area contributed by atoms with Crippen LogP contribution in [0.1, 0.15) is 0 Å². The van der Waals surface area contributed by atoms with Gasteiger partial charge in [-0.3, -0.25) is 10.4 Å². The van der Waals surface area contributed by atoms with E-state index in [9.17, 15) is 4.79 Å². The minimum Gasteiger partial charge on any atom is -0.350 e. The number of hydrogen-bond acceptors (Lipinski definition) is 4. The van der Waals surface area contributed by atoms with Gasteiger partial charge in [-0.25, -0.2) is 9.80 Å². The highest BCUT2D eigenvalue weighted by atomic mass is 16.8. The van der Waals surface area contributed by atoms with E-state index >= 15 is 0 Å². The Balaban J connectivity index is 3.64. The van der Waals surface area contributed by atoms with E-state index in [2.05, 4.69) is 5.73 Å². The van der Waals surface area contributed by atoms with Gasteiger partial charge in [0.15, 0.2) is 0 Å². The Kier molecular flexibility index (Phi) is 2.19. The Bertz CT molecular complexity index is 92.5. The maximum Gasteiger partial charge on any atom is 0.332 e. The first-order valence-electron chi connectivity index (χ1n) is 1.76. The number of urea groups is 1. The molecule has 48 valence electrons. The van der Waals surface area contributed by atoms with Crippen molar-refractivity contribution < 1.29 is 15.2 Å². The van der Waals surface area contributed by atoms with Crippen LogP contribution in [0.4, 0.5) is 4.79 Å². The number of carbonyl (C=O) groups is 1. The van der Waals surface area contributed by atoms with Crippen molar-refractivity contribution in [3.8, 4) is 0 Å². The molecule has 0 atom stereocenters. The molecule has 0 saturated heterocycles. The first-order valence-corrected chi connectivity index (χ1v) is 1.76. The molecule has 0 spiro atoms. The molecule has 8 heavy (non-hydrogen) atoms. The summed E-state index contributed by atoms with van der Waals surface area (Å²) in [5, 5.41) is 16.0. The minimum absolute atomic E-state index is 0.400. The number of nitrogens with zero attached hydrogens (tertiary/aromatic N) is 2. The van der Waals surface area contributed by atoms with Crippen molar-refractivity contribution in [2.45, 2.75) is 0 Å². The van der Waals surface area contributed by atoms with Crippen molar-refractivity contribution in [1.29, 1.82) is 0 Å². The molecule has 6 heteroatoms. The Morgan fingerprint density at radius 1 is 1.62 bits per heavy atom. The average Bonchev–Trinajstić information content (AvgIpc) is 1.64. The van der Waals surface area contributed by atoms with Crippen LogP contribution in [0, 0.1) is 0 Å². The Morgan fingerprint density at radius 2 is 2.00 bits per heavy atom. The highest BCUT2D eigenvalue weighted by Crippen LogP contribution is 1.80. The zero-order chi connectivity index (χ0) is 6.73. The molecule has 0 heterocycles. The quantitative estimate of drug-likeness (QED) is 0.388. The molecule has 0 rings (SSSR count). The zero-order valence-electron chi connectivity index (χ0n) is 4.27. The molecule has 0 aliphatic carbocycles. The summed E-state index contributed by atoms with van der Waals surface area (Å²) in [6.07, 6.45) is 0. The molecular weight excluding hydrogens is 114 g/mol. The van der Waals surface area contributed by atoms with E-state index in [1.807, 2.05) is 0 Å². The second-order valence-corrected chi connectivity index (χ2v) is 1.13. The maximum atomic E-state index is 9.93. The van der Waals surface area contributed by atoms with Gasteiger partial charge >= 0.3 is 6.03 Å². The maximum absolute atomic E-state index is 9.93. The van der Waals surface area contributed by atoms with E-state index in [1.165, 1.54) is 0 Å². The minimum atomic E-state index is -0.949. The summed E-state index contributed by atoms with van der Waals surface area (Å²) in [4.78, 5) is 9.93. The lowest BCUT2D eigenvalue weighted by Crippen LogP contribution is -2.42. The second-order valence-electron chi connectivity index (χ2n) is 1.13.